The molecule has 0 fully saturated rings. The van der Waals surface area contributed by atoms with Gasteiger partial charge in [-0.15, -0.1) is 0 Å². The number of benzene rings is 5. The minimum absolute atomic E-state index is 1.24. The molecule has 0 bridgehead atoms. The molecule has 0 radical (unpaired) electrons. The molecule has 0 atom stereocenters. The van der Waals surface area contributed by atoms with Crippen LogP contribution in [0.4, 0.5) is 0 Å². The summed E-state index contributed by atoms with van der Waals surface area (Å²) in [6.45, 7) is 4.31. The van der Waals surface area contributed by atoms with Crippen LogP contribution in [0.25, 0.3) is 44.2 Å². The minimum Gasteiger partial charge on any atom is -0.0616 e. The van der Waals surface area contributed by atoms with E-state index in [0.717, 1.165) is 0 Å². The van der Waals surface area contributed by atoms with Crippen molar-refractivity contribution in [3.63, 3.8) is 0 Å². The molecule has 0 spiro atoms. The molecule has 5 rings (SSSR count). The molecule has 5 aromatic carbocycles. The fourth-order valence-electron chi connectivity index (χ4n) is 4.22. The average Bonchev–Trinajstić information content (AvgIpc) is 2.78. The summed E-state index contributed by atoms with van der Waals surface area (Å²) >= 11 is 0. The Labute approximate surface area is 178 Å². The summed E-state index contributed by atoms with van der Waals surface area (Å²) in [5.74, 6) is 0. The van der Waals surface area contributed by atoms with E-state index in [4.69, 9.17) is 0 Å². The van der Waals surface area contributed by atoms with Crippen molar-refractivity contribution in [3.8, 4) is 33.4 Å². The van der Waals surface area contributed by atoms with Crippen molar-refractivity contribution in [3.05, 3.63) is 120 Å². The van der Waals surface area contributed by atoms with Crippen LogP contribution in [-0.2, 0) is 0 Å². The van der Waals surface area contributed by atoms with E-state index >= 15 is 0 Å². The lowest BCUT2D eigenvalue weighted by molar-refractivity contribution is 1.38. The topological polar surface area (TPSA) is 0 Å². The molecule has 0 N–H and O–H groups in total. The second-order valence-corrected chi connectivity index (χ2v) is 8.09. The lowest BCUT2D eigenvalue weighted by atomic mass is 9.96. The summed E-state index contributed by atoms with van der Waals surface area (Å²) in [7, 11) is 0. The van der Waals surface area contributed by atoms with Gasteiger partial charge in [-0.3, -0.25) is 0 Å². The molecule has 144 valence electrons. The number of hydrogen-bond acceptors (Lipinski definition) is 0. The van der Waals surface area contributed by atoms with Crippen molar-refractivity contribution in [1.82, 2.24) is 0 Å². The zero-order chi connectivity index (χ0) is 20.5. The monoisotopic (exact) mass is 384 g/mol. The molecule has 0 saturated carbocycles. The zero-order valence-electron chi connectivity index (χ0n) is 17.4. The van der Waals surface area contributed by atoms with Crippen LogP contribution in [0.15, 0.2) is 109 Å². The first-order chi connectivity index (χ1) is 14.7. The predicted molar refractivity (Wildman–Crippen MR) is 130 cm³/mol. The first kappa shape index (κ1) is 18.4. The second-order valence-electron chi connectivity index (χ2n) is 8.09. The van der Waals surface area contributed by atoms with Gasteiger partial charge in [-0.05, 0) is 64.1 Å². The zero-order valence-corrected chi connectivity index (χ0v) is 17.4. The summed E-state index contributed by atoms with van der Waals surface area (Å²) in [6, 6.07) is 39.7. The second kappa shape index (κ2) is 7.65. The first-order valence-corrected chi connectivity index (χ1v) is 10.4. The fraction of sp³-hybridized carbons (Fsp3) is 0.0667. The quantitative estimate of drug-likeness (QED) is 0.293. The van der Waals surface area contributed by atoms with Crippen LogP contribution in [0.5, 0.6) is 0 Å². The van der Waals surface area contributed by atoms with Crippen molar-refractivity contribution < 1.29 is 0 Å². The standard InChI is InChI=1S/C30H24/c1-21-17-22(2)19-30(18-21)27-13-9-25(10-14-27)24-7-11-26(12-8-24)29-16-15-23-5-3-4-6-28(23)20-29/h3-20H,1-2H3. The summed E-state index contributed by atoms with van der Waals surface area (Å²) < 4.78 is 0. The Hall–Kier alpha value is -3.64. The van der Waals surface area contributed by atoms with E-state index < -0.39 is 0 Å². The van der Waals surface area contributed by atoms with Crippen LogP contribution < -0.4 is 0 Å². The highest BCUT2D eigenvalue weighted by Gasteiger charge is 2.04. The maximum Gasteiger partial charge on any atom is -0.0178 e. The highest BCUT2D eigenvalue weighted by molar-refractivity contribution is 5.87. The molecule has 0 aromatic heterocycles. The van der Waals surface area contributed by atoms with E-state index in [1.165, 1.54) is 55.3 Å². The molecule has 0 saturated heterocycles. The predicted octanol–water partition coefficient (Wildman–Crippen LogP) is 8.46. The Morgan fingerprint density at radius 2 is 0.767 bits per heavy atom. The van der Waals surface area contributed by atoms with Gasteiger partial charge in [0.25, 0.3) is 0 Å². The van der Waals surface area contributed by atoms with Crippen molar-refractivity contribution in [2.45, 2.75) is 13.8 Å². The van der Waals surface area contributed by atoms with Crippen LogP contribution >= 0.6 is 0 Å². The molecular weight excluding hydrogens is 360 g/mol. The highest BCUT2D eigenvalue weighted by atomic mass is 14.1. The molecule has 0 aliphatic carbocycles. The van der Waals surface area contributed by atoms with E-state index in [1.54, 1.807) is 0 Å². The smallest absolute Gasteiger partial charge is 0.0178 e. The Morgan fingerprint density at radius 1 is 0.333 bits per heavy atom. The van der Waals surface area contributed by atoms with Gasteiger partial charge < -0.3 is 0 Å². The van der Waals surface area contributed by atoms with Gasteiger partial charge in [-0.25, -0.2) is 0 Å². The lowest BCUT2D eigenvalue weighted by Gasteiger charge is -2.09. The van der Waals surface area contributed by atoms with E-state index in [2.05, 4.69) is 123 Å². The van der Waals surface area contributed by atoms with Crippen LogP contribution in [0.1, 0.15) is 11.1 Å². The molecule has 0 amide bonds. The molecule has 0 nitrogen and oxygen atoms in total. The number of rotatable bonds is 3. The molecule has 0 heterocycles. The molecule has 0 heteroatoms. The first-order valence-electron chi connectivity index (χ1n) is 10.4. The van der Waals surface area contributed by atoms with Crippen LogP contribution in [0.3, 0.4) is 0 Å². The highest BCUT2D eigenvalue weighted by Crippen LogP contribution is 2.29. The molecule has 30 heavy (non-hydrogen) atoms. The fourth-order valence-corrected chi connectivity index (χ4v) is 4.22. The summed E-state index contributed by atoms with van der Waals surface area (Å²) in [5, 5.41) is 2.56. The molecular formula is C30H24. The van der Waals surface area contributed by atoms with Gasteiger partial charge >= 0.3 is 0 Å². The number of aryl methyl sites for hydroxylation is 2. The van der Waals surface area contributed by atoms with Crippen LogP contribution in [-0.4, -0.2) is 0 Å². The van der Waals surface area contributed by atoms with Crippen molar-refractivity contribution >= 4 is 10.8 Å². The van der Waals surface area contributed by atoms with E-state index in [-0.39, 0.29) is 0 Å². The van der Waals surface area contributed by atoms with E-state index in [1.807, 2.05) is 0 Å². The van der Waals surface area contributed by atoms with Crippen molar-refractivity contribution in [2.24, 2.45) is 0 Å². The number of fused-ring (bicyclic) bond motifs is 1. The lowest BCUT2D eigenvalue weighted by Crippen LogP contribution is -1.84. The van der Waals surface area contributed by atoms with Gasteiger partial charge in [0.2, 0.25) is 0 Å². The largest absolute Gasteiger partial charge is 0.0616 e. The minimum atomic E-state index is 1.24. The van der Waals surface area contributed by atoms with Crippen molar-refractivity contribution in [1.29, 1.82) is 0 Å². The third-order valence-electron chi connectivity index (χ3n) is 5.74. The maximum atomic E-state index is 2.27. The van der Waals surface area contributed by atoms with Gasteiger partial charge in [0.15, 0.2) is 0 Å². The van der Waals surface area contributed by atoms with Crippen LogP contribution in [0.2, 0.25) is 0 Å². The van der Waals surface area contributed by atoms with Crippen molar-refractivity contribution in [2.75, 3.05) is 0 Å². The Balaban J connectivity index is 1.42. The molecule has 5 aromatic rings. The Morgan fingerprint density at radius 3 is 1.33 bits per heavy atom. The van der Waals surface area contributed by atoms with E-state index in [0.29, 0.717) is 0 Å². The van der Waals surface area contributed by atoms with E-state index in [9.17, 15) is 0 Å². The van der Waals surface area contributed by atoms with Crippen LogP contribution in [0, 0.1) is 13.8 Å². The van der Waals surface area contributed by atoms with Gasteiger partial charge in [-0.2, -0.15) is 0 Å². The molecule has 0 aliphatic heterocycles. The SMILES string of the molecule is Cc1cc(C)cc(-c2ccc(-c3ccc(-c4ccc5ccccc5c4)cc3)cc2)c1. The Kier molecular flexibility index (Phi) is 4.69. The summed E-state index contributed by atoms with van der Waals surface area (Å²) in [5.41, 5.74) is 10.1. The van der Waals surface area contributed by atoms with Gasteiger partial charge in [0, 0.05) is 0 Å². The summed E-state index contributed by atoms with van der Waals surface area (Å²) in [6.07, 6.45) is 0. The third-order valence-corrected chi connectivity index (χ3v) is 5.74. The van der Waals surface area contributed by atoms with Gasteiger partial charge in [0.1, 0.15) is 0 Å². The molecule has 0 aliphatic rings. The number of hydrogen-bond donors (Lipinski definition) is 0. The van der Waals surface area contributed by atoms with Gasteiger partial charge in [-0.1, -0.05) is 114 Å². The summed E-state index contributed by atoms with van der Waals surface area (Å²) in [4.78, 5) is 0. The Bertz CT molecular complexity index is 1300. The average molecular weight is 385 g/mol. The third kappa shape index (κ3) is 3.65. The maximum absolute atomic E-state index is 2.27. The molecule has 0 unspecified atom stereocenters. The normalized spacial score (nSPS) is 11.0. The van der Waals surface area contributed by atoms with Gasteiger partial charge in [0.05, 0.1) is 0 Å².